The first-order chi connectivity index (χ1) is 9.70. The highest BCUT2D eigenvalue weighted by Crippen LogP contribution is 2.44. The molecule has 0 aliphatic heterocycles. The molecular formula is C18H18Cl2. The Balaban J connectivity index is 2.05. The molecule has 1 aliphatic carbocycles. The maximum absolute atomic E-state index is 6.18. The Bertz CT molecular complexity index is 619. The smallest absolute Gasteiger partial charge is 0.0595 e. The summed E-state index contributed by atoms with van der Waals surface area (Å²) in [7, 11) is 0. The molecule has 2 aromatic carbocycles. The van der Waals surface area contributed by atoms with E-state index in [0.29, 0.717) is 21.9 Å². The van der Waals surface area contributed by atoms with Gasteiger partial charge in [0, 0.05) is 5.92 Å². The Kier molecular flexibility index (Phi) is 4.05. The van der Waals surface area contributed by atoms with E-state index in [0.717, 1.165) is 0 Å². The van der Waals surface area contributed by atoms with Gasteiger partial charge in [-0.05, 0) is 54.0 Å². The molecular weight excluding hydrogens is 287 g/mol. The number of rotatable bonds is 2. The predicted octanol–water partition coefficient (Wildman–Crippen LogP) is 6.41. The predicted molar refractivity (Wildman–Crippen MR) is 87.0 cm³/mol. The molecule has 0 N–H and O–H groups in total. The van der Waals surface area contributed by atoms with Crippen LogP contribution in [0.4, 0.5) is 0 Å². The topological polar surface area (TPSA) is 0 Å². The van der Waals surface area contributed by atoms with Crippen molar-refractivity contribution in [2.24, 2.45) is 0 Å². The highest BCUT2D eigenvalue weighted by Gasteiger charge is 2.27. The van der Waals surface area contributed by atoms with Gasteiger partial charge in [-0.1, -0.05) is 60.5 Å². The van der Waals surface area contributed by atoms with Crippen molar-refractivity contribution < 1.29 is 0 Å². The first kappa shape index (κ1) is 14.0. The number of hydrogen-bond donors (Lipinski definition) is 0. The van der Waals surface area contributed by atoms with Crippen LogP contribution in [-0.4, -0.2) is 0 Å². The summed E-state index contributed by atoms with van der Waals surface area (Å²) in [6.45, 7) is 2.28. The van der Waals surface area contributed by atoms with E-state index < -0.39 is 0 Å². The fourth-order valence-corrected chi connectivity index (χ4v) is 3.68. The van der Waals surface area contributed by atoms with E-state index in [9.17, 15) is 0 Å². The zero-order valence-electron chi connectivity index (χ0n) is 11.6. The van der Waals surface area contributed by atoms with Crippen LogP contribution in [0.1, 0.15) is 54.7 Å². The van der Waals surface area contributed by atoms with Crippen molar-refractivity contribution in [1.29, 1.82) is 0 Å². The lowest BCUT2D eigenvalue weighted by Crippen LogP contribution is -2.15. The van der Waals surface area contributed by atoms with Gasteiger partial charge in [0.1, 0.15) is 0 Å². The quantitative estimate of drug-likeness (QED) is 0.601. The Morgan fingerprint density at radius 3 is 2.40 bits per heavy atom. The normalized spacial score (nSPS) is 21.6. The molecule has 0 heterocycles. The third-order valence-electron chi connectivity index (χ3n) is 4.45. The minimum Gasteiger partial charge on any atom is -0.0827 e. The van der Waals surface area contributed by atoms with Crippen LogP contribution in [0.5, 0.6) is 0 Å². The molecule has 0 saturated carbocycles. The van der Waals surface area contributed by atoms with Gasteiger partial charge in [-0.3, -0.25) is 0 Å². The molecule has 0 amide bonds. The number of hydrogen-bond acceptors (Lipinski definition) is 0. The molecule has 104 valence electrons. The fourth-order valence-electron chi connectivity index (χ4n) is 3.38. The highest BCUT2D eigenvalue weighted by molar-refractivity contribution is 6.42. The first-order valence-corrected chi connectivity index (χ1v) is 8.00. The van der Waals surface area contributed by atoms with Crippen molar-refractivity contribution in [1.82, 2.24) is 0 Å². The standard InChI is InChI=1S/C18H18Cl2/c1-2-12-7-9-15(16-6-4-3-5-14(12)16)13-8-10-17(19)18(20)11-13/h3-6,8,10-12,15H,2,7,9H2,1H3/t12-,15-/m0/s1. The van der Waals surface area contributed by atoms with E-state index in [4.69, 9.17) is 23.2 Å². The zero-order valence-corrected chi connectivity index (χ0v) is 13.1. The SMILES string of the molecule is CC[C@H]1CC[C@@H](c2ccc(Cl)c(Cl)c2)c2ccccc21. The van der Waals surface area contributed by atoms with Crippen molar-refractivity contribution in [2.75, 3.05) is 0 Å². The van der Waals surface area contributed by atoms with E-state index in [1.54, 1.807) is 0 Å². The average Bonchev–Trinajstić information content (AvgIpc) is 2.49. The Labute approximate surface area is 130 Å². The zero-order chi connectivity index (χ0) is 14.1. The van der Waals surface area contributed by atoms with Gasteiger partial charge in [0.25, 0.3) is 0 Å². The number of benzene rings is 2. The van der Waals surface area contributed by atoms with E-state index in [1.807, 2.05) is 12.1 Å². The van der Waals surface area contributed by atoms with Crippen LogP contribution in [-0.2, 0) is 0 Å². The summed E-state index contributed by atoms with van der Waals surface area (Å²) in [5, 5.41) is 1.28. The van der Waals surface area contributed by atoms with Gasteiger partial charge in [0.05, 0.1) is 10.0 Å². The van der Waals surface area contributed by atoms with Gasteiger partial charge in [-0.15, -0.1) is 0 Å². The summed E-state index contributed by atoms with van der Waals surface area (Å²) in [5.74, 6) is 1.15. The lowest BCUT2D eigenvalue weighted by atomic mass is 9.73. The van der Waals surface area contributed by atoms with Crippen LogP contribution >= 0.6 is 23.2 Å². The number of fused-ring (bicyclic) bond motifs is 1. The van der Waals surface area contributed by atoms with Crippen LogP contribution in [0.2, 0.25) is 10.0 Å². The molecule has 0 unspecified atom stereocenters. The van der Waals surface area contributed by atoms with Crippen LogP contribution in [0.3, 0.4) is 0 Å². The molecule has 0 fully saturated rings. The van der Waals surface area contributed by atoms with E-state index in [2.05, 4.69) is 37.3 Å². The van der Waals surface area contributed by atoms with Crippen molar-refractivity contribution >= 4 is 23.2 Å². The van der Waals surface area contributed by atoms with Gasteiger partial charge < -0.3 is 0 Å². The van der Waals surface area contributed by atoms with E-state index >= 15 is 0 Å². The summed E-state index contributed by atoms with van der Waals surface area (Å²) in [6.07, 6.45) is 3.65. The van der Waals surface area contributed by atoms with E-state index in [1.165, 1.54) is 36.0 Å². The molecule has 1 aliphatic rings. The first-order valence-electron chi connectivity index (χ1n) is 7.24. The Morgan fingerprint density at radius 1 is 0.950 bits per heavy atom. The van der Waals surface area contributed by atoms with Crippen LogP contribution in [0.25, 0.3) is 0 Å². The second kappa shape index (κ2) is 5.79. The average molecular weight is 305 g/mol. The minimum atomic E-state index is 0.448. The van der Waals surface area contributed by atoms with Gasteiger partial charge in [-0.2, -0.15) is 0 Å². The van der Waals surface area contributed by atoms with Crippen LogP contribution in [0.15, 0.2) is 42.5 Å². The molecule has 2 aromatic rings. The molecule has 2 heteroatoms. The molecule has 3 rings (SSSR count). The lowest BCUT2D eigenvalue weighted by Gasteiger charge is -2.31. The molecule has 0 radical (unpaired) electrons. The van der Waals surface area contributed by atoms with Crippen molar-refractivity contribution in [3.63, 3.8) is 0 Å². The second-order valence-electron chi connectivity index (χ2n) is 5.54. The number of halogens is 2. The third-order valence-corrected chi connectivity index (χ3v) is 5.19. The second-order valence-corrected chi connectivity index (χ2v) is 6.35. The van der Waals surface area contributed by atoms with Crippen LogP contribution < -0.4 is 0 Å². The lowest BCUT2D eigenvalue weighted by molar-refractivity contribution is 0.506. The van der Waals surface area contributed by atoms with Crippen molar-refractivity contribution in [3.8, 4) is 0 Å². The maximum atomic E-state index is 6.18. The molecule has 0 bridgehead atoms. The summed E-state index contributed by atoms with van der Waals surface area (Å²) in [4.78, 5) is 0. The van der Waals surface area contributed by atoms with Gasteiger partial charge >= 0.3 is 0 Å². The maximum Gasteiger partial charge on any atom is 0.0595 e. The molecule has 0 nitrogen and oxygen atoms in total. The fraction of sp³-hybridized carbons (Fsp3) is 0.333. The van der Waals surface area contributed by atoms with Crippen molar-refractivity contribution in [3.05, 3.63) is 69.2 Å². The molecule has 2 atom stereocenters. The largest absolute Gasteiger partial charge is 0.0827 e. The summed E-state index contributed by atoms with van der Waals surface area (Å²) in [5.41, 5.74) is 4.25. The van der Waals surface area contributed by atoms with Gasteiger partial charge in [0.15, 0.2) is 0 Å². The highest BCUT2D eigenvalue weighted by atomic mass is 35.5. The van der Waals surface area contributed by atoms with Crippen LogP contribution in [0, 0.1) is 0 Å². The minimum absolute atomic E-state index is 0.448. The summed E-state index contributed by atoms with van der Waals surface area (Å²) < 4.78 is 0. The third kappa shape index (κ3) is 2.47. The Morgan fingerprint density at radius 2 is 1.70 bits per heavy atom. The molecule has 0 saturated heterocycles. The molecule has 0 spiro atoms. The van der Waals surface area contributed by atoms with Crippen molar-refractivity contribution in [2.45, 2.75) is 38.0 Å². The molecule has 20 heavy (non-hydrogen) atoms. The Hall–Kier alpha value is -0.980. The summed E-state index contributed by atoms with van der Waals surface area (Å²) >= 11 is 12.2. The van der Waals surface area contributed by atoms with Gasteiger partial charge in [0.2, 0.25) is 0 Å². The van der Waals surface area contributed by atoms with Gasteiger partial charge in [-0.25, -0.2) is 0 Å². The molecule has 0 aromatic heterocycles. The monoisotopic (exact) mass is 304 g/mol. The summed E-state index contributed by atoms with van der Waals surface area (Å²) in [6, 6.07) is 14.9. The van der Waals surface area contributed by atoms with E-state index in [-0.39, 0.29) is 0 Å².